The lowest BCUT2D eigenvalue weighted by Gasteiger charge is -2.27. The highest BCUT2D eigenvalue weighted by atomic mass is 16.1. The molecule has 1 aliphatic heterocycles. The summed E-state index contributed by atoms with van der Waals surface area (Å²) in [6, 6.07) is 9.87. The number of hydrogen-bond acceptors (Lipinski definition) is 3. The topological polar surface area (TPSA) is 59.0 Å². The van der Waals surface area contributed by atoms with Crippen LogP contribution in [0.5, 0.6) is 0 Å². The molecule has 5 nitrogen and oxygen atoms in total. The fourth-order valence-corrected chi connectivity index (χ4v) is 3.19. The van der Waals surface area contributed by atoms with Crippen molar-refractivity contribution in [2.24, 2.45) is 11.8 Å². The summed E-state index contributed by atoms with van der Waals surface area (Å²) in [7, 11) is 0. The molecule has 0 bridgehead atoms. The zero-order chi connectivity index (χ0) is 16.1. The van der Waals surface area contributed by atoms with E-state index in [0.29, 0.717) is 18.3 Å². The van der Waals surface area contributed by atoms with Gasteiger partial charge in [0, 0.05) is 6.42 Å². The summed E-state index contributed by atoms with van der Waals surface area (Å²) in [4.78, 5) is 12.2. The molecular weight excluding hydrogens is 288 g/mol. The van der Waals surface area contributed by atoms with E-state index in [9.17, 15) is 4.79 Å². The second-order valence-electron chi connectivity index (χ2n) is 6.33. The Bertz CT molecular complexity index is 631. The first-order chi connectivity index (χ1) is 11.2. The summed E-state index contributed by atoms with van der Waals surface area (Å²) in [6.07, 6.45) is 6.45. The predicted octanol–water partition coefficient (Wildman–Crippen LogP) is 2.84. The Hall–Kier alpha value is -2.14. The number of nitrogens with one attached hydrogen (secondary N) is 2. The first kappa shape index (κ1) is 15.7. The Kier molecular flexibility index (Phi) is 5.08. The average Bonchev–Trinajstić information content (AvgIpc) is 3.04. The molecule has 1 aromatic heterocycles. The number of benzene rings is 1. The van der Waals surface area contributed by atoms with Gasteiger partial charge in [0.1, 0.15) is 0 Å². The quantitative estimate of drug-likeness (QED) is 0.892. The molecule has 1 amide bonds. The zero-order valence-electron chi connectivity index (χ0n) is 13.5. The van der Waals surface area contributed by atoms with Crippen molar-refractivity contribution in [1.29, 1.82) is 0 Å². The lowest BCUT2D eigenvalue weighted by Crippen LogP contribution is -2.32. The fraction of sp³-hybridized carbons (Fsp3) is 0.444. The number of amides is 1. The average molecular weight is 312 g/mol. The Morgan fingerprint density at radius 2 is 2.09 bits per heavy atom. The lowest BCUT2D eigenvalue weighted by atomic mass is 9.84. The van der Waals surface area contributed by atoms with Gasteiger partial charge < -0.3 is 10.6 Å². The molecule has 0 radical (unpaired) electrons. The lowest BCUT2D eigenvalue weighted by molar-refractivity contribution is -0.117. The Balaban J connectivity index is 1.55. The van der Waals surface area contributed by atoms with Crippen molar-refractivity contribution in [3.63, 3.8) is 0 Å². The summed E-state index contributed by atoms with van der Waals surface area (Å²) in [6.45, 7) is 4.32. The van der Waals surface area contributed by atoms with Crippen molar-refractivity contribution >= 4 is 11.6 Å². The Labute approximate surface area is 137 Å². The maximum absolute atomic E-state index is 12.2. The minimum Gasteiger partial charge on any atom is -0.323 e. The molecule has 5 heteroatoms. The second kappa shape index (κ2) is 7.42. The van der Waals surface area contributed by atoms with Crippen molar-refractivity contribution in [2.45, 2.75) is 26.2 Å². The second-order valence-corrected chi connectivity index (χ2v) is 6.33. The van der Waals surface area contributed by atoms with Crippen LogP contribution in [0.3, 0.4) is 0 Å². The van der Waals surface area contributed by atoms with Crippen LogP contribution in [-0.2, 0) is 4.79 Å². The van der Waals surface area contributed by atoms with Gasteiger partial charge in [-0.25, -0.2) is 4.68 Å². The third-order valence-corrected chi connectivity index (χ3v) is 4.58. The number of para-hydroxylation sites is 1. The molecule has 1 fully saturated rings. The van der Waals surface area contributed by atoms with Crippen LogP contribution in [0.2, 0.25) is 0 Å². The maximum Gasteiger partial charge on any atom is 0.224 e. The molecule has 2 aromatic rings. The highest BCUT2D eigenvalue weighted by Gasteiger charge is 2.22. The molecule has 0 spiro atoms. The Morgan fingerprint density at radius 3 is 2.83 bits per heavy atom. The van der Waals surface area contributed by atoms with Gasteiger partial charge in [0.25, 0.3) is 0 Å². The molecule has 122 valence electrons. The maximum atomic E-state index is 12.2. The number of rotatable bonds is 5. The molecule has 1 aliphatic rings. The normalized spacial score (nSPS) is 16.9. The van der Waals surface area contributed by atoms with Crippen LogP contribution in [0, 0.1) is 11.8 Å². The van der Waals surface area contributed by atoms with Crippen molar-refractivity contribution in [3.8, 4) is 5.69 Å². The van der Waals surface area contributed by atoms with Crippen molar-refractivity contribution < 1.29 is 4.79 Å². The number of anilines is 1. The van der Waals surface area contributed by atoms with Gasteiger partial charge >= 0.3 is 0 Å². The van der Waals surface area contributed by atoms with Crippen LogP contribution in [0.4, 0.5) is 5.69 Å². The summed E-state index contributed by atoms with van der Waals surface area (Å²) in [5.41, 5.74) is 1.73. The third kappa shape index (κ3) is 4.20. The van der Waals surface area contributed by atoms with E-state index in [1.807, 2.05) is 36.5 Å². The van der Waals surface area contributed by atoms with Gasteiger partial charge in [0.05, 0.1) is 23.8 Å². The van der Waals surface area contributed by atoms with Gasteiger partial charge in [-0.2, -0.15) is 5.10 Å². The SMILES string of the molecule is CC(CC(=O)Nc1cnn(-c2ccccc2)c1)C1CCNCC1. The number of aromatic nitrogens is 2. The first-order valence-electron chi connectivity index (χ1n) is 8.33. The predicted molar refractivity (Wildman–Crippen MR) is 91.6 cm³/mol. The zero-order valence-corrected chi connectivity index (χ0v) is 13.5. The molecule has 1 unspecified atom stereocenters. The van der Waals surface area contributed by atoms with Crippen molar-refractivity contribution in [3.05, 3.63) is 42.7 Å². The van der Waals surface area contributed by atoms with E-state index in [1.54, 1.807) is 10.9 Å². The smallest absolute Gasteiger partial charge is 0.224 e. The van der Waals surface area contributed by atoms with Gasteiger partial charge in [-0.3, -0.25) is 4.79 Å². The molecule has 1 aromatic carbocycles. The van der Waals surface area contributed by atoms with E-state index in [0.717, 1.165) is 24.5 Å². The first-order valence-corrected chi connectivity index (χ1v) is 8.33. The van der Waals surface area contributed by atoms with Gasteiger partial charge in [-0.15, -0.1) is 0 Å². The van der Waals surface area contributed by atoms with Crippen LogP contribution < -0.4 is 10.6 Å². The Morgan fingerprint density at radius 1 is 1.35 bits per heavy atom. The van der Waals surface area contributed by atoms with Gasteiger partial charge in [-0.1, -0.05) is 25.1 Å². The van der Waals surface area contributed by atoms with E-state index in [4.69, 9.17) is 0 Å². The summed E-state index contributed by atoms with van der Waals surface area (Å²) in [5, 5.41) is 10.6. The molecule has 3 rings (SSSR count). The minimum atomic E-state index is 0.0728. The van der Waals surface area contributed by atoms with Crippen LogP contribution in [0.1, 0.15) is 26.2 Å². The summed E-state index contributed by atoms with van der Waals surface area (Å²) >= 11 is 0. The molecular formula is C18H24N4O. The number of carbonyl (C=O) groups is 1. The highest BCUT2D eigenvalue weighted by Crippen LogP contribution is 2.24. The van der Waals surface area contributed by atoms with E-state index >= 15 is 0 Å². The van der Waals surface area contributed by atoms with Gasteiger partial charge in [0.2, 0.25) is 5.91 Å². The molecule has 0 aliphatic carbocycles. The van der Waals surface area contributed by atoms with Gasteiger partial charge in [-0.05, 0) is 49.9 Å². The molecule has 1 saturated heterocycles. The van der Waals surface area contributed by atoms with Crippen LogP contribution in [-0.4, -0.2) is 28.8 Å². The van der Waals surface area contributed by atoms with Crippen molar-refractivity contribution in [2.75, 3.05) is 18.4 Å². The molecule has 2 heterocycles. The minimum absolute atomic E-state index is 0.0728. The highest BCUT2D eigenvalue weighted by molar-refractivity contribution is 5.90. The molecule has 23 heavy (non-hydrogen) atoms. The van der Waals surface area contributed by atoms with Crippen LogP contribution in [0.15, 0.2) is 42.7 Å². The number of nitrogens with zero attached hydrogens (tertiary/aromatic N) is 2. The van der Waals surface area contributed by atoms with E-state index < -0.39 is 0 Å². The monoisotopic (exact) mass is 312 g/mol. The number of carbonyl (C=O) groups excluding carboxylic acids is 1. The van der Waals surface area contributed by atoms with Crippen molar-refractivity contribution in [1.82, 2.24) is 15.1 Å². The summed E-state index contributed by atoms with van der Waals surface area (Å²) < 4.78 is 1.77. The number of hydrogen-bond donors (Lipinski definition) is 2. The largest absolute Gasteiger partial charge is 0.323 e. The van der Waals surface area contributed by atoms with Crippen LogP contribution >= 0.6 is 0 Å². The molecule has 0 saturated carbocycles. The fourth-order valence-electron chi connectivity index (χ4n) is 3.19. The van der Waals surface area contributed by atoms with E-state index in [2.05, 4.69) is 22.7 Å². The number of piperidine rings is 1. The van der Waals surface area contributed by atoms with E-state index in [1.165, 1.54) is 12.8 Å². The van der Waals surface area contributed by atoms with Gasteiger partial charge in [0.15, 0.2) is 0 Å². The third-order valence-electron chi connectivity index (χ3n) is 4.58. The van der Waals surface area contributed by atoms with Crippen LogP contribution in [0.25, 0.3) is 5.69 Å². The summed E-state index contributed by atoms with van der Waals surface area (Å²) in [5.74, 6) is 1.14. The van der Waals surface area contributed by atoms with E-state index in [-0.39, 0.29) is 5.91 Å². The molecule has 1 atom stereocenters. The standard InChI is InChI=1S/C18H24N4O/c1-14(15-7-9-19-10-8-15)11-18(23)21-16-12-20-22(13-16)17-5-3-2-4-6-17/h2-6,12-15,19H,7-11H2,1H3,(H,21,23). The molecule has 2 N–H and O–H groups in total.